The number of methoxy groups -OCH3 is 2. The number of hydrogen-bond acceptors (Lipinski definition) is 7. The minimum Gasteiger partial charge on any atom is -0.493 e. The summed E-state index contributed by atoms with van der Waals surface area (Å²) in [4.78, 5) is 16.7. The number of rotatable bonds is 6. The molecule has 1 aromatic heterocycles. The number of likely N-dealkylation sites (tertiary alicyclic amines) is 1. The summed E-state index contributed by atoms with van der Waals surface area (Å²) in [5.41, 5.74) is 0.484. The van der Waals surface area contributed by atoms with Gasteiger partial charge in [-0.15, -0.1) is 10.2 Å². The number of benzene rings is 1. The van der Waals surface area contributed by atoms with Crippen molar-refractivity contribution in [1.29, 1.82) is 0 Å². The predicted molar refractivity (Wildman–Crippen MR) is 105 cm³/mol. The van der Waals surface area contributed by atoms with Crippen LogP contribution in [0.4, 0.5) is 5.82 Å². The van der Waals surface area contributed by atoms with Crippen molar-refractivity contribution in [2.75, 3.05) is 46.3 Å². The van der Waals surface area contributed by atoms with Gasteiger partial charge in [-0.25, -0.2) is 0 Å². The van der Waals surface area contributed by atoms with E-state index in [1.165, 1.54) is 7.11 Å². The van der Waals surface area contributed by atoms with Crippen molar-refractivity contribution in [3.05, 3.63) is 35.9 Å². The first-order chi connectivity index (χ1) is 13.5. The lowest BCUT2D eigenvalue weighted by Crippen LogP contribution is -2.44. The molecule has 150 valence electrons. The van der Waals surface area contributed by atoms with Crippen molar-refractivity contribution in [2.24, 2.45) is 0 Å². The highest BCUT2D eigenvalue weighted by atomic mass is 16.5. The van der Waals surface area contributed by atoms with Gasteiger partial charge in [-0.05, 0) is 31.0 Å². The third kappa shape index (κ3) is 4.27. The molecule has 0 N–H and O–H groups in total. The molecular weight excluding hydrogens is 360 g/mol. The highest BCUT2D eigenvalue weighted by molar-refractivity contribution is 5.98. The van der Waals surface area contributed by atoms with Gasteiger partial charge in [-0.1, -0.05) is 6.07 Å². The standard InChI is InChI=1S/C20H26N4O4/c1-23(2)17-10-11-18(22-21-17)28-14-7-6-12-24(13-14)20(25)15-8-5-9-16(26-3)19(15)27-4/h5,8-11,14H,6-7,12-13H2,1-4H3. The van der Waals surface area contributed by atoms with Crippen LogP contribution in [0.1, 0.15) is 23.2 Å². The second-order valence-corrected chi connectivity index (χ2v) is 6.80. The third-order valence-electron chi connectivity index (χ3n) is 4.67. The zero-order valence-corrected chi connectivity index (χ0v) is 16.7. The van der Waals surface area contributed by atoms with Crippen LogP contribution in [0.5, 0.6) is 17.4 Å². The van der Waals surface area contributed by atoms with Crippen LogP contribution in [0, 0.1) is 0 Å². The Labute approximate surface area is 165 Å². The van der Waals surface area contributed by atoms with Gasteiger partial charge in [0.25, 0.3) is 5.91 Å². The highest BCUT2D eigenvalue weighted by Gasteiger charge is 2.28. The first-order valence-electron chi connectivity index (χ1n) is 9.21. The van der Waals surface area contributed by atoms with Crippen LogP contribution < -0.4 is 19.1 Å². The Morgan fingerprint density at radius 1 is 1.14 bits per heavy atom. The largest absolute Gasteiger partial charge is 0.493 e. The predicted octanol–water partition coefficient (Wildman–Crippen LogP) is 2.24. The molecule has 1 aliphatic heterocycles. The molecule has 8 nitrogen and oxygen atoms in total. The Hall–Kier alpha value is -3.03. The Balaban J connectivity index is 1.70. The van der Waals surface area contributed by atoms with Crippen molar-refractivity contribution < 1.29 is 19.0 Å². The van der Waals surface area contributed by atoms with Gasteiger partial charge in [0.2, 0.25) is 5.88 Å². The summed E-state index contributed by atoms with van der Waals surface area (Å²) in [5, 5.41) is 8.25. The average molecular weight is 386 g/mol. The molecule has 0 radical (unpaired) electrons. The number of carbonyl (C=O) groups excluding carboxylic acids is 1. The van der Waals surface area contributed by atoms with Gasteiger partial charge in [0, 0.05) is 26.7 Å². The Kier molecular flexibility index (Phi) is 6.18. The Morgan fingerprint density at radius 2 is 1.96 bits per heavy atom. The summed E-state index contributed by atoms with van der Waals surface area (Å²) in [6.07, 6.45) is 1.58. The zero-order chi connectivity index (χ0) is 20.1. The lowest BCUT2D eigenvalue weighted by Gasteiger charge is -2.33. The Morgan fingerprint density at radius 3 is 2.61 bits per heavy atom. The molecule has 1 fully saturated rings. The van der Waals surface area contributed by atoms with Crippen molar-refractivity contribution in [3.63, 3.8) is 0 Å². The second-order valence-electron chi connectivity index (χ2n) is 6.80. The quantitative estimate of drug-likeness (QED) is 0.753. The van der Waals surface area contributed by atoms with E-state index in [-0.39, 0.29) is 12.0 Å². The van der Waals surface area contributed by atoms with E-state index < -0.39 is 0 Å². The Bertz CT molecular complexity index is 810. The van der Waals surface area contributed by atoms with Gasteiger partial charge < -0.3 is 24.0 Å². The number of ether oxygens (including phenoxy) is 3. The maximum atomic E-state index is 13.1. The van der Waals surface area contributed by atoms with Crippen LogP contribution in [0.2, 0.25) is 0 Å². The number of aromatic nitrogens is 2. The van der Waals surface area contributed by atoms with Crippen molar-refractivity contribution in [1.82, 2.24) is 15.1 Å². The van der Waals surface area contributed by atoms with Crippen LogP contribution in [0.25, 0.3) is 0 Å². The van der Waals surface area contributed by atoms with Crippen molar-refractivity contribution in [2.45, 2.75) is 18.9 Å². The van der Waals surface area contributed by atoms with Crippen LogP contribution >= 0.6 is 0 Å². The topological polar surface area (TPSA) is 77.0 Å². The number of anilines is 1. The second kappa shape index (κ2) is 8.77. The molecule has 1 amide bonds. The molecule has 0 aliphatic carbocycles. The first kappa shape index (κ1) is 19.7. The fourth-order valence-electron chi connectivity index (χ4n) is 3.23. The van der Waals surface area contributed by atoms with E-state index in [1.54, 1.807) is 36.3 Å². The molecule has 8 heteroatoms. The van der Waals surface area contributed by atoms with Crippen LogP contribution in [-0.4, -0.2) is 68.5 Å². The van der Waals surface area contributed by atoms with E-state index in [4.69, 9.17) is 14.2 Å². The maximum absolute atomic E-state index is 13.1. The van der Waals surface area contributed by atoms with Crippen LogP contribution in [-0.2, 0) is 0 Å². The lowest BCUT2D eigenvalue weighted by molar-refractivity contribution is 0.0522. The van der Waals surface area contributed by atoms with E-state index in [0.717, 1.165) is 18.7 Å². The number of carbonyl (C=O) groups is 1. The van der Waals surface area contributed by atoms with Gasteiger partial charge in [-0.2, -0.15) is 0 Å². The molecule has 0 saturated carbocycles. The first-order valence-corrected chi connectivity index (χ1v) is 9.21. The SMILES string of the molecule is COc1cccc(C(=O)N2CCCC(Oc3ccc(N(C)C)nn3)C2)c1OC. The van der Waals surface area contributed by atoms with Crippen molar-refractivity contribution in [3.8, 4) is 17.4 Å². The molecule has 1 aliphatic rings. The summed E-state index contributed by atoms with van der Waals surface area (Å²) >= 11 is 0. The summed E-state index contributed by atoms with van der Waals surface area (Å²) < 4.78 is 16.7. The minimum absolute atomic E-state index is 0.0990. The fraction of sp³-hybridized carbons (Fsp3) is 0.450. The molecule has 3 rings (SSSR count). The summed E-state index contributed by atoms with van der Waals surface area (Å²) in [6.45, 7) is 1.15. The van der Waals surface area contributed by atoms with Gasteiger partial charge in [0.1, 0.15) is 6.10 Å². The molecule has 1 atom stereocenters. The summed E-state index contributed by atoms with van der Waals surface area (Å²) in [7, 11) is 6.90. The van der Waals surface area contributed by atoms with E-state index in [0.29, 0.717) is 36.0 Å². The smallest absolute Gasteiger partial charge is 0.257 e. The van der Waals surface area contributed by atoms with Gasteiger partial charge in [0.15, 0.2) is 17.3 Å². The molecular formula is C20H26N4O4. The number of hydrogen-bond donors (Lipinski definition) is 0. The number of amides is 1. The molecule has 28 heavy (non-hydrogen) atoms. The van der Waals surface area contributed by atoms with Crippen LogP contribution in [0.15, 0.2) is 30.3 Å². The molecule has 1 aromatic carbocycles. The third-order valence-corrected chi connectivity index (χ3v) is 4.67. The van der Waals surface area contributed by atoms with E-state index in [1.807, 2.05) is 25.1 Å². The molecule has 0 bridgehead atoms. The molecule has 0 spiro atoms. The minimum atomic E-state index is -0.131. The maximum Gasteiger partial charge on any atom is 0.257 e. The van der Waals surface area contributed by atoms with Gasteiger partial charge in [0.05, 0.1) is 26.3 Å². The number of nitrogens with zero attached hydrogens (tertiary/aromatic N) is 4. The van der Waals surface area contributed by atoms with E-state index in [9.17, 15) is 4.79 Å². The fourth-order valence-corrected chi connectivity index (χ4v) is 3.23. The monoisotopic (exact) mass is 386 g/mol. The van der Waals surface area contributed by atoms with E-state index in [2.05, 4.69) is 10.2 Å². The lowest BCUT2D eigenvalue weighted by atomic mass is 10.1. The average Bonchev–Trinajstić information content (AvgIpc) is 2.73. The van der Waals surface area contributed by atoms with Gasteiger partial charge >= 0.3 is 0 Å². The normalized spacial score (nSPS) is 16.4. The summed E-state index contributed by atoms with van der Waals surface area (Å²) in [6, 6.07) is 8.96. The molecule has 1 saturated heterocycles. The highest BCUT2D eigenvalue weighted by Crippen LogP contribution is 2.32. The molecule has 1 unspecified atom stereocenters. The molecule has 2 aromatic rings. The number of piperidine rings is 1. The van der Waals surface area contributed by atoms with Crippen LogP contribution in [0.3, 0.4) is 0 Å². The van der Waals surface area contributed by atoms with Crippen molar-refractivity contribution >= 4 is 11.7 Å². The zero-order valence-electron chi connectivity index (χ0n) is 16.7. The summed E-state index contributed by atoms with van der Waals surface area (Å²) in [5.74, 6) is 2.11. The van der Waals surface area contributed by atoms with Gasteiger partial charge in [-0.3, -0.25) is 4.79 Å². The molecule has 2 heterocycles. The number of para-hydroxylation sites is 1. The van der Waals surface area contributed by atoms with E-state index >= 15 is 0 Å².